The maximum atomic E-state index is 8.55. The number of ether oxygens (including phenoxy) is 2. The van der Waals surface area contributed by atoms with Crippen LogP contribution in [0.1, 0.15) is 19.0 Å². The summed E-state index contributed by atoms with van der Waals surface area (Å²) in [6.45, 7) is 6.08. The first-order chi connectivity index (χ1) is 8.76. The van der Waals surface area contributed by atoms with Gasteiger partial charge in [0, 0.05) is 18.3 Å². The number of hydrogen-bond acceptors (Lipinski definition) is 6. The molecule has 0 spiro atoms. The molecular formula is C12H21N3O3. The molecule has 0 saturated carbocycles. The summed E-state index contributed by atoms with van der Waals surface area (Å²) in [6.07, 6.45) is 0.945. The van der Waals surface area contributed by atoms with Gasteiger partial charge in [-0.05, 0) is 13.3 Å². The minimum Gasteiger partial charge on any atom is -0.478 e. The summed E-state index contributed by atoms with van der Waals surface area (Å²) >= 11 is 0. The molecule has 1 rings (SSSR count). The van der Waals surface area contributed by atoms with Crippen LogP contribution in [0.25, 0.3) is 0 Å². The van der Waals surface area contributed by atoms with Gasteiger partial charge < -0.3 is 19.9 Å². The zero-order valence-corrected chi connectivity index (χ0v) is 11.0. The van der Waals surface area contributed by atoms with Crippen LogP contribution in [0.15, 0.2) is 6.07 Å². The van der Waals surface area contributed by atoms with Crippen LogP contribution in [-0.2, 0) is 4.74 Å². The second kappa shape index (κ2) is 8.66. The molecule has 1 aromatic rings. The lowest BCUT2D eigenvalue weighted by molar-refractivity contribution is 0.0991. The summed E-state index contributed by atoms with van der Waals surface area (Å²) < 4.78 is 10.6. The van der Waals surface area contributed by atoms with Crippen LogP contribution < -0.4 is 10.1 Å². The predicted octanol–water partition coefficient (Wildman–Crippen LogP) is 0.995. The summed E-state index contributed by atoms with van der Waals surface area (Å²) in [5.41, 5.74) is 0.856. The molecule has 0 atom stereocenters. The van der Waals surface area contributed by atoms with Gasteiger partial charge in [-0.3, -0.25) is 0 Å². The number of hydrogen-bond donors (Lipinski definition) is 2. The van der Waals surface area contributed by atoms with Crippen LogP contribution in [-0.4, -0.2) is 48.0 Å². The van der Waals surface area contributed by atoms with E-state index in [0.717, 1.165) is 12.1 Å². The van der Waals surface area contributed by atoms with Crippen LogP contribution in [0.2, 0.25) is 0 Å². The maximum Gasteiger partial charge on any atom is 0.226 e. The molecule has 0 aliphatic carbocycles. The van der Waals surface area contributed by atoms with Gasteiger partial charge in [0.2, 0.25) is 11.8 Å². The SMILES string of the molecule is CCCOc1cc(C)nc(NCCOCCO)n1. The molecule has 0 aliphatic heterocycles. The van der Waals surface area contributed by atoms with Crippen molar-refractivity contribution in [2.24, 2.45) is 0 Å². The Labute approximate surface area is 107 Å². The summed E-state index contributed by atoms with van der Waals surface area (Å²) in [5, 5.41) is 11.6. The Hall–Kier alpha value is -1.40. The number of aliphatic hydroxyl groups is 1. The van der Waals surface area contributed by atoms with E-state index in [2.05, 4.69) is 15.3 Å². The van der Waals surface area contributed by atoms with Crippen molar-refractivity contribution in [2.45, 2.75) is 20.3 Å². The van der Waals surface area contributed by atoms with E-state index in [9.17, 15) is 0 Å². The molecule has 1 heterocycles. The Morgan fingerprint density at radius 3 is 2.83 bits per heavy atom. The molecular weight excluding hydrogens is 234 g/mol. The third-order valence-corrected chi connectivity index (χ3v) is 2.05. The highest BCUT2D eigenvalue weighted by Gasteiger charge is 2.02. The Morgan fingerprint density at radius 2 is 2.11 bits per heavy atom. The quantitative estimate of drug-likeness (QED) is 0.641. The predicted molar refractivity (Wildman–Crippen MR) is 68.9 cm³/mol. The zero-order chi connectivity index (χ0) is 13.2. The van der Waals surface area contributed by atoms with E-state index in [0.29, 0.717) is 38.2 Å². The monoisotopic (exact) mass is 255 g/mol. The van der Waals surface area contributed by atoms with Crippen molar-refractivity contribution in [1.82, 2.24) is 9.97 Å². The molecule has 0 unspecified atom stereocenters. The van der Waals surface area contributed by atoms with Gasteiger partial charge in [-0.2, -0.15) is 4.98 Å². The zero-order valence-electron chi connectivity index (χ0n) is 11.0. The van der Waals surface area contributed by atoms with Crippen molar-refractivity contribution in [1.29, 1.82) is 0 Å². The number of aromatic nitrogens is 2. The molecule has 0 bridgehead atoms. The molecule has 0 aliphatic rings. The van der Waals surface area contributed by atoms with Crippen molar-refractivity contribution >= 4 is 5.95 Å². The van der Waals surface area contributed by atoms with Crippen LogP contribution in [0, 0.1) is 6.92 Å². The minimum absolute atomic E-state index is 0.0376. The standard InChI is InChI=1S/C12H21N3O3/c1-3-6-18-11-9-10(2)14-12(15-11)13-4-7-17-8-5-16/h9,16H,3-8H2,1-2H3,(H,13,14,15). The van der Waals surface area contributed by atoms with E-state index in [4.69, 9.17) is 14.6 Å². The van der Waals surface area contributed by atoms with Gasteiger partial charge in [0.1, 0.15) is 0 Å². The summed E-state index contributed by atoms with van der Waals surface area (Å²) in [5.74, 6) is 1.12. The topological polar surface area (TPSA) is 76.5 Å². The lowest BCUT2D eigenvalue weighted by Gasteiger charge is -2.09. The molecule has 1 aromatic heterocycles. The highest BCUT2D eigenvalue weighted by Crippen LogP contribution is 2.11. The van der Waals surface area contributed by atoms with Crippen LogP contribution in [0.3, 0.4) is 0 Å². The van der Waals surface area contributed by atoms with Crippen molar-refractivity contribution in [2.75, 3.05) is 38.3 Å². The first kappa shape index (κ1) is 14.7. The van der Waals surface area contributed by atoms with E-state index in [1.165, 1.54) is 0 Å². The van der Waals surface area contributed by atoms with Crippen molar-refractivity contribution in [3.63, 3.8) is 0 Å². The fraction of sp³-hybridized carbons (Fsp3) is 0.667. The summed E-state index contributed by atoms with van der Waals surface area (Å²) in [4.78, 5) is 8.49. The number of nitrogens with one attached hydrogen (secondary N) is 1. The maximum absolute atomic E-state index is 8.55. The van der Waals surface area contributed by atoms with Gasteiger partial charge in [-0.1, -0.05) is 6.92 Å². The third kappa shape index (κ3) is 5.79. The van der Waals surface area contributed by atoms with Crippen LogP contribution in [0.5, 0.6) is 5.88 Å². The largest absolute Gasteiger partial charge is 0.478 e. The normalized spacial score (nSPS) is 10.4. The molecule has 0 radical (unpaired) electrons. The Kier molecular flexibility index (Phi) is 7.05. The molecule has 0 amide bonds. The number of anilines is 1. The van der Waals surface area contributed by atoms with Crippen molar-refractivity contribution in [3.05, 3.63) is 11.8 Å². The lowest BCUT2D eigenvalue weighted by atomic mass is 10.4. The van der Waals surface area contributed by atoms with Gasteiger partial charge in [0.05, 0.1) is 26.4 Å². The van der Waals surface area contributed by atoms with Crippen LogP contribution in [0.4, 0.5) is 5.95 Å². The van der Waals surface area contributed by atoms with Crippen LogP contribution >= 0.6 is 0 Å². The summed E-state index contributed by atoms with van der Waals surface area (Å²) in [6, 6.07) is 1.81. The molecule has 0 aromatic carbocycles. The second-order valence-electron chi connectivity index (χ2n) is 3.78. The molecule has 18 heavy (non-hydrogen) atoms. The van der Waals surface area contributed by atoms with E-state index in [-0.39, 0.29) is 6.61 Å². The van der Waals surface area contributed by atoms with Crippen molar-refractivity contribution < 1.29 is 14.6 Å². The molecule has 6 heteroatoms. The molecule has 2 N–H and O–H groups in total. The lowest BCUT2D eigenvalue weighted by Crippen LogP contribution is -2.13. The number of nitrogens with zero attached hydrogens (tertiary/aromatic N) is 2. The average molecular weight is 255 g/mol. The van der Waals surface area contributed by atoms with E-state index < -0.39 is 0 Å². The molecule has 6 nitrogen and oxygen atoms in total. The molecule has 102 valence electrons. The van der Waals surface area contributed by atoms with Gasteiger partial charge in [0.25, 0.3) is 0 Å². The van der Waals surface area contributed by atoms with Gasteiger partial charge in [-0.15, -0.1) is 0 Å². The number of aliphatic hydroxyl groups excluding tert-OH is 1. The fourth-order valence-electron chi connectivity index (χ4n) is 1.30. The Bertz CT molecular complexity index is 347. The summed E-state index contributed by atoms with van der Waals surface area (Å²) in [7, 11) is 0. The smallest absolute Gasteiger partial charge is 0.226 e. The fourth-order valence-corrected chi connectivity index (χ4v) is 1.30. The van der Waals surface area contributed by atoms with Gasteiger partial charge >= 0.3 is 0 Å². The molecule has 0 fully saturated rings. The second-order valence-corrected chi connectivity index (χ2v) is 3.78. The first-order valence-electron chi connectivity index (χ1n) is 6.17. The Balaban J connectivity index is 2.41. The van der Waals surface area contributed by atoms with E-state index >= 15 is 0 Å². The Morgan fingerprint density at radius 1 is 1.28 bits per heavy atom. The average Bonchev–Trinajstić information content (AvgIpc) is 2.35. The highest BCUT2D eigenvalue weighted by atomic mass is 16.5. The molecule has 0 saturated heterocycles. The minimum atomic E-state index is 0.0376. The van der Waals surface area contributed by atoms with E-state index in [1.807, 2.05) is 19.9 Å². The van der Waals surface area contributed by atoms with Crippen molar-refractivity contribution in [3.8, 4) is 5.88 Å². The number of rotatable bonds is 9. The van der Waals surface area contributed by atoms with E-state index in [1.54, 1.807) is 0 Å². The first-order valence-corrected chi connectivity index (χ1v) is 6.17. The number of aryl methyl sites for hydroxylation is 1. The highest BCUT2D eigenvalue weighted by molar-refractivity contribution is 5.30. The van der Waals surface area contributed by atoms with Gasteiger partial charge in [-0.25, -0.2) is 4.98 Å². The van der Waals surface area contributed by atoms with Gasteiger partial charge in [0.15, 0.2) is 0 Å². The third-order valence-electron chi connectivity index (χ3n) is 2.05.